The molecule has 16 heavy (non-hydrogen) atoms. The van der Waals surface area contributed by atoms with Crippen LogP contribution in [0.1, 0.15) is 31.9 Å². The minimum atomic E-state index is -0.746. The van der Waals surface area contributed by atoms with Crippen LogP contribution in [0.4, 0.5) is 0 Å². The van der Waals surface area contributed by atoms with Crippen LogP contribution < -0.4 is 0 Å². The molecule has 0 aromatic heterocycles. The Bertz CT molecular complexity index is 357. The number of benzene rings is 1. The molecule has 2 rings (SSSR count). The molecule has 1 fully saturated rings. The Morgan fingerprint density at radius 2 is 2.25 bits per heavy atom. The Kier molecular flexibility index (Phi) is 4.21. The van der Waals surface area contributed by atoms with E-state index in [2.05, 4.69) is 19.9 Å². The van der Waals surface area contributed by atoms with Crippen LogP contribution in [0.5, 0.6) is 0 Å². The fourth-order valence-electron chi connectivity index (χ4n) is 1.66. The molecule has 0 aliphatic carbocycles. The molecule has 2 nitrogen and oxygen atoms in total. The first kappa shape index (κ1) is 12.3. The van der Waals surface area contributed by atoms with Crippen LogP contribution in [-0.2, 0) is 9.05 Å². The molecule has 1 aliphatic heterocycles. The largest absolute Gasteiger partial charge is 0.334 e. The molecule has 88 valence electrons. The topological polar surface area (TPSA) is 18.5 Å². The standard InChI is InChI=1S/C12H16ClO2P/c1-9(2)16-14-7-6-12(15-16)10-4-3-5-11(13)8-10/h3-5,8-9,12H,6-7H2,1-2H3. The van der Waals surface area contributed by atoms with Crippen LogP contribution in [-0.4, -0.2) is 12.3 Å². The average Bonchev–Trinajstić information content (AvgIpc) is 2.29. The van der Waals surface area contributed by atoms with Crippen LogP contribution in [0, 0.1) is 0 Å². The van der Waals surface area contributed by atoms with E-state index in [4.69, 9.17) is 20.6 Å². The highest BCUT2D eigenvalue weighted by atomic mass is 35.5. The van der Waals surface area contributed by atoms with Gasteiger partial charge in [-0.2, -0.15) is 0 Å². The van der Waals surface area contributed by atoms with Gasteiger partial charge in [-0.15, -0.1) is 0 Å². The van der Waals surface area contributed by atoms with E-state index in [0.717, 1.165) is 23.6 Å². The van der Waals surface area contributed by atoms with Gasteiger partial charge < -0.3 is 9.05 Å². The molecular formula is C12H16ClO2P. The summed E-state index contributed by atoms with van der Waals surface area (Å²) in [5, 5.41) is 0.765. The zero-order chi connectivity index (χ0) is 11.5. The molecule has 0 bridgehead atoms. The summed E-state index contributed by atoms with van der Waals surface area (Å²) in [4.78, 5) is 0. The first-order valence-corrected chi connectivity index (χ1v) is 7.13. The van der Waals surface area contributed by atoms with E-state index in [1.54, 1.807) is 0 Å². The maximum absolute atomic E-state index is 5.98. The highest BCUT2D eigenvalue weighted by Gasteiger charge is 2.27. The number of rotatable bonds is 2. The van der Waals surface area contributed by atoms with Crippen LogP contribution in [0.3, 0.4) is 0 Å². The summed E-state index contributed by atoms with van der Waals surface area (Å²) in [7, 11) is -0.746. The minimum Gasteiger partial charge on any atom is -0.334 e. The molecule has 0 spiro atoms. The quantitative estimate of drug-likeness (QED) is 0.725. The van der Waals surface area contributed by atoms with Gasteiger partial charge in [-0.05, 0) is 17.7 Å². The highest BCUT2D eigenvalue weighted by molar-refractivity contribution is 7.48. The van der Waals surface area contributed by atoms with Gasteiger partial charge in [0, 0.05) is 17.1 Å². The molecule has 0 radical (unpaired) electrons. The van der Waals surface area contributed by atoms with Crippen molar-refractivity contribution in [3.05, 3.63) is 34.9 Å². The zero-order valence-corrected chi connectivity index (χ0v) is 11.2. The van der Waals surface area contributed by atoms with Crippen molar-refractivity contribution in [3.63, 3.8) is 0 Å². The summed E-state index contributed by atoms with van der Waals surface area (Å²) in [6, 6.07) is 7.89. The van der Waals surface area contributed by atoms with Crippen LogP contribution in [0.2, 0.25) is 5.02 Å². The van der Waals surface area contributed by atoms with Crippen LogP contribution in [0.25, 0.3) is 0 Å². The Balaban J connectivity index is 2.09. The van der Waals surface area contributed by atoms with Crippen molar-refractivity contribution in [2.24, 2.45) is 0 Å². The van der Waals surface area contributed by atoms with Gasteiger partial charge in [0.2, 0.25) is 0 Å². The van der Waals surface area contributed by atoms with Gasteiger partial charge in [0.15, 0.2) is 8.38 Å². The summed E-state index contributed by atoms with van der Waals surface area (Å²) < 4.78 is 11.6. The first-order chi connectivity index (χ1) is 7.66. The van der Waals surface area contributed by atoms with Crippen molar-refractivity contribution in [2.75, 3.05) is 6.61 Å². The predicted molar refractivity (Wildman–Crippen MR) is 67.9 cm³/mol. The second-order valence-corrected chi connectivity index (χ2v) is 6.66. The maximum Gasteiger partial charge on any atom is 0.173 e. The predicted octanol–water partition coefficient (Wildman–Crippen LogP) is 4.54. The second-order valence-electron chi connectivity index (χ2n) is 4.15. The smallest absolute Gasteiger partial charge is 0.173 e. The summed E-state index contributed by atoms with van der Waals surface area (Å²) in [6.07, 6.45) is 1.05. The second kappa shape index (κ2) is 5.46. The molecule has 1 saturated heterocycles. The number of halogens is 1. The zero-order valence-electron chi connectivity index (χ0n) is 9.52. The fourth-order valence-corrected chi connectivity index (χ4v) is 3.23. The Morgan fingerprint density at radius 1 is 1.44 bits per heavy atom. The molecule has 4 heteroatoms. The number of hydrogen-bond acceptors (Lipinski definition) is 2. The minimum absolute atomic E-state index is 0.140. The van der Waals surface area contributed by atoms with Gasteiger partial charge in [0.25, 0.3) is 0 Å². The van der Waals surface area contributed by atoms with Gasteiger partial charge in [-0.3, -0.25) is 0 Å². The first-order valence-electron chi connectivity index (χ1n) is 5.51. The third-order valence-corrected chi connectivity index (χ3v) is 4.45. The number of hydrogen-bond donors (Lipinski definition) is 0. The van der Waals surface area contributed by atoms with Crippen molar-refractivity contribution in [3.8, 4) is 0 Å². The van der Waals surface area contributed by atoms with Gasteiger partial charge >= 0.3 is 0 Å². The highest BCUT2D eigenvalue weighted by Crippen LogP contribution is 2.51. The molecule has 2 atom stereocenters. The fraction of sp³-hybridized carbons (Fsp3) is 0.500. The molecule has 1 heterocycles. The van der Waals surface area contributed by atoms with Crippen molar-refractivity contribution >= 4 is 20.0 Å². The van der Waals surface area contributed by atoms with E-state index < -0.39 is 8.38 Å². The lowest BCUT2D eigenvalue weighted by Gasteiger charge is -2.31. The summed E-state index contributed by atoms with van der Waals surface area (Å²) in [5.41, 5.74) is 1.60. The Labute approximate surface area is 103 Å². The van der Waals surface area contributed by atoms with E-state index in [1.165, 1.54) is 0 Å². The van der Waals surface area contributed by atoms with Crippen molar-refractivity contribution < 1.29 is 9.05 Å². The molecule has 1 aliphatic rings. The normalized spacial score (nSPS) is 26.0. The van der Waals surface area contributed by atoms with E-state index >= 15 is 0 Å². The monoisotopic (exact) mass is 258 g/mol. The van der Waals surface area contributed by atoms with E-state index in [0.29, 0.717) is 5.66 Å². The third kappa shape index (κ3) is 2.95. The lowest BCUT2D eigenvalue weighted by atomic mass is 10.1. The Morgan fingerprint density at radius 3 is 2.94 bits per heavy atom. The molecule has 0 saturated carbocycles. The third-order valence-electron chi connectivity index (χ3n) is 2.47. The van der Waals surface area contributed by atoms with Crippen LogP contribution >= 0.6 is 20.0 Å². The van der Waals surface area contributed by atoms with Gasteiger partial charge in [0.1, 0.15) is 0 Å². The molecule has 0 amide bonds. The Hall–Kier alpha value is -0.140. The van der Waals surface area contributed by atoms with Crippen molar-refractivity contribution in [2.45, 2.75) is 32.0 Å². The summed E-state index contributed by atoms with van der Waals surface area (Å²) >= 11 is 5.98. The van der Waals surface area contributed by atoms with Crippen LogP contribution in [0.15, 0.2) is 24.3 Å². The molecule has 0 N–H and O–H groups in total. The average molecular weight is 259 g/mol. The van der Waals surface area contributed by atoms with E-state index in [1.807, 2.05) is 18.2 Å². The summed E-state index contributed by atoms with van der Waals surface area (Å²) in [5.74, 6) is 0. The molecule has 1 aromatic rings. The maximum atomic E-state index is 5.98. The summed E-state index contributed by atoms with van der Waals surface area (Å²) in [6.45, 7) is 5.04. The van der Waals surface area contributed by atoms with Gasteiger partial charge in [-0.1, -0.05) is 37.6 Å². The van der Waals surface area contributed by atoms with Gasteiger partial charge in [0.05, 0.1) is 12.7 Å². The van der Waals surface area contributed by atoms with E-state index in [9.17, 15) is 0 Å². The lowest BCUT2D eigenvalue weighted by molar-refractivity contribution is 0.106. The molecule has 2 unspecified atom stereocenters. The molecule has 1 aromatic carbocycles. The van der Waals surface area contributed by atoms with E-state index in [-0.39, 0.29) is 6.10 Å². The SMILES string of the molecule is CC(C)P1OCCC(c2cccc(Cl)c2)O1. The lowest BCUT2D eigenvalue weighted by Crippen LogP contribution is -2.15. The van der Waals surface area contributed by atoms with Crippen molar-refractivity contribution in [1.82, 2.24) is 0 Å². The van der Waals surface area contributed by atoms with Gasteiger partial charge in [-0.25, -0.2) is 0 Å². The van der Waals surface area contributed by atoms with Crippen molar-refractivity contribution in [1.29, 1.82) is 0 Å². The molecular weight excluding hydrogens is 243 g/mol.